The van der Waals surface area contributed by atoms with Crippen molar-refractivity contribution in [1.29, 1.82) is 0 Å². The van der Waals surface area contributed by atoms with Crippen molar-refractivity contribution in [2.75, 3.05) is 4.90 Å². The molecule has 0 spiro atoms. The monoisotopic (exact) mass is 414 g/mol. The number of benzene rings is 2. The Morgan fingerprint density at radius 2 is 1.81 bits per heavy atom. The van der Waals surface area contributed by atoms with Gasteiger partial charge in [0.15, 0.2) is 5.43 Å². The highest BCUT2D eigenvalue weighted by Gasteiger charge is 2.44. The molecule has 4 aromatic rings. The third kappa shape index (κ3) is 3.03. The summed E-state index contributed by atoms with van der Waals surface area (Å²) >= 11 is 0. The van der Waals surface area contributed by atoms with Crippen LogP contribution in [-0.4, -0.2) is 10.9 Å². The van der Waals surface area contributed by atoms with Gasteiger partial charge in [0, 0.05) is 6.20 Å². The molecule has 0 unspecified atom stereocenters. The van der Waals surface area contributed by atoms with E-state index in [9.17, 15) is 14.0 Å². The lowest BCUT2D eigenvalue weighted by Gasteiger charge is -2.24. The van der Waals surface area contributed by atoms with Crippen LogP contribution in [0.4, 0.5) is 10.2 Å². The van der Waals surface area contributed by atoms with Crippen LogP contribution in [0.1, 0.15) is 53.1 Å². The summed E-state index contributed by atoms with van der Waals surface area (Å²) in [6.07, 6.45) is 1.59. The Kier molecular flexibility index (Phi) is 4.43. The largest absolute Gasteiger partial charge is 0.450 e. The molecule has 31 heavy (non-hydrogen) atoms. The number of pyridine rings is 1. The molecular weight excluding hydrogens is 395 g/mol. The Morgan fingerprint density at radius 3 is 2.48 bits per heavy atom. The van der Waals surface area contributed by atoms with Crippen LogP contribution >= 0.6 is 0 Å². The zero-order valence-corrected chi connectivity index (χ0v) is 17.0. The van der Waals surface area contributed by atoms with E-state index in [4.69, 9.17) is 4.42 Å². The van der Waals surface area contributed by atoms with Crippen LogP contribution in [-0.2, 0) is 0 Å². The van der Waals surface area contributed by atoms with Crippen molar-refractivity contribution < 1.29 is 13.6 Å². The highest BCUT2D eigenvalue weighted by molar-refractivity contribution is 6.10. The van der Waals surface area contributed by atoms with E-state index in [0.717, 1.165) is 17.2 Å². The van der Waals surface area contributed by atoms with Crippen LogP contribution in [0.25, 0.3) is 11.0 Å². The molecule has 0 radical (unpaired) electrons. The summed E-state index contributed by atoms with van der Waals surface area (Å²) in [6.45, 7) is 4.19. The minimum atomic E-state index is -0.720. The lowest BCUT2D eigenvalue weighted by molar-refractivity contribution is 0.0970. The number of aromatic nitrogens is 1. The second-order valence-electron chi connectivity index (χ2n) is 7.90. The average Bonchev–Trinajstić information content (AvgIpc) is 3.07. The van der Waals surface area contributed by atoms with Crippen molar-refractivity contribution in [3.05, 3.63) is 105 Å². The predicted octanol–water partition coefficient (Wildman–Crippen LogP) is 5.20. The van der Waals surface area contributed by atoms with Crippen LogP contribution in [0.5, 0.6) is 0 Å². The molecule has 0 N–H and O–H groups in total. The number of amides is 1. The number of anilines is 1. The molecule has 0 fully saturated rings. The molecule has 2 aromatic heterocycles. The zero-order valence-electron chi connectivity index (χ0n) is 17.0. The summed E-state index contributed by atoms with van der Waals surface area (Å²) in [6, 6.07) is 16.0. The van der Waals surface area contributed by atoms with Crippen molar-refractivity contribution in [1.82, 2.24) is 4.98 Å². The maximum absolute atomic E-state index is 13.9. The molecule has 1 aliphatic heterocycles. The minimum absolute atomic E-state index is 0.0345. The van der Waals surface area contributed by atoms with Crippen LogP contribution < -0.4 is 10.3 Å². The van der Waals surface area contributed by atoms with Crippen LogP contribution in [0.15, 0.2) is 76.1 Å². The normalized spacial score (nSPS) is 15.7. The fraction of sp³-hybridized carbons (Fsp3) is 0.160. The maximum Gasteiger partial charge on any atom is 0.296 e. The average molecular weight is 414 g/mol. The van der Waals surface area contributed by atoms with Crippen molar-refractivity contribution in [3.8, 4) is 0 Å². The van der Waals surface area contributed by atoms with E-state index >= 15 is 0 Å². The van der Waals surface area contributed by atoms with Gasteiger partial charge in [-0.15, -0.1) is 0 Å². The third-order valence-corrected chi connectivity index (χ3v) is 5.65. The summed E-state index contributed by atoms with van der Waals surface area (Å²) in [5, 5.41) is 0.109. The maximum atomic E-state index is 13.9. The van der Waals surface area contributed by atoms with E-state index in [1.807, 2.05) is 24.3 Å². The van der Waals surface area contributed by atoms with Crippen LogP contribution in [0.2, 0.25) is 0 Å². The fourth-order valence-electron chi connectivity index (χ4n) is 4.06. The Bertz CT molecular complexity index is 1360. The van der Waals surface area contributed by atoms with E-state index in [2.05, 4.69) is 18.8 Å². The molecule has 6 heteroatoms. The first-order valence-electron chi connectivity index (χ1n) is 10.1. The van der Waals surface area contributed by atoms with Gasteiger partial charge in [0.25, 0.3) is 5.91 Å². The van der Waals surface area contributed by atoms with Gasteiger partial charge in [0.1, 0.15) is 17.2 Å². The Morgan fingerprint density at radius 1 is 1.03 bits per heavy atom. The first-order valence-corrected chi connectivity index (χ1v) is 10.1. The molecule has 2 aromatic carbocycles. The lowest BCUT2D eigenvalue weighted by atomic mass is 9.95. The quantitative estimate of drug-likeness (QED) is 0.462. The van der Waals surface area contributed by atoms with E-state index in [1.165, 1.54) is 17.0 Å². The predicted molar refractivity (Wildman–Crippen MR) is 116 cm³/mol. The van der Waals surface area contributed by atoms with E-state index in [0.29, 0.717) is 11.7 Å². The van der Waals surface area contributed by atoms with Gasteiger partial charge in [-0.25, -0.2) is 9.37 Å². The molecule has 0 saturated heterocycles. The number of carbonyl (C=O) groups excluding carboxylic acids is 1. The summed E-state index contributed by atoms with van der Waals surface area (Å²) in [7, 11) is 0. The Balaban J connectivity index is 1.78. The number of nitrogens with zero attached hydrogens (tertiary/aromatic N) is 2. The van der Waals surface area contributed by atoms with Gasteiger partial charge < -0.3 is 4.42 Å². The van der Waals surface area contributed by atoms with Gasteiger partial charge >= 0.3 is 0 Å². The topological polar surface area (TPSA) is 63.4 Å². The summed E-state index contributed by atoms with van der Waals surface area (Å²) in [4.78, 5) is 32.6. The molecule has 5 nitrogen and oxygen atoms in total. The van der Waals surface area contributed by atoms with Gasteiger partial charge in [-0.1, -0.05) is 44.2 Å². The molecular formula is C25H19FN2O3. The van der Waals surface area contributed by atoms with Crippen molar-refractivity contribution in [2.24, 2.45) is 0 Å². The number of fused-ring (bicyclic) bond motifs is 2. The second kappa shape index (κ2) is 7.16. The summed E-state index contributed by atoms with van der Waals surface area (Å²) in [5.74, 6) is -0.270. The highest BCUT2D eigenvalue weighted by atomic mass is 19.1. The molecule has 154 valence electrons. The van der Waals surface area contributed by atoms with Gasteiger partial charge in [-0.3, -0.25) is 14.5 Å². The smallest absolute Gasteiger partial charge is 0.296 e. The number of halogens is 1. The van der Waals surface area contributed by atoms with Gasteiger partial charge in [-0.2, -0.15) is 0 Å². The molecule has 3 heterocycles. The third-order valence-electron chi connectivity index (χ3n) is 5.65. The Labute approximate surface area is 177 Å². The Hall–Kier alpha value is -3.80. The van der Waals surface area contributed by atoms with Crippen LogP contribution in [0.3, 0.4) is 0 Å². The van der Waals surface area contributed by atoms with Crippen molar-refractivity contribution >= 4 is 22.7 Å². The number of carbonyl (C=O) groups is 1. The molecule has 1 aliphatic rings. The number of rotatable bonds is 3. The SMILES string of the molecule is CC(C)c1ccc([C@H]2c3c(oc4ccc(F)cc4c3=O)C(=O)N2c2ccccn2)cc1. The van der Waals surface area contributed by atoms with Crippen molar-refractivity contribution in [3.63, 3.8) is 0 Å². The number of hydrogen-bond acceptors (Lipinski definition) is 4. The number of hydrogen-bond donors (Lipinski definition) is 0. The first kappa shape index (κ1) is 19.2. The van der Waals surface area contributed by atoms with E-state index in [-0.39, 0.29) is 22.3 Å². The van der Waals surface area contributed by atoms with Gasteiger partial charge in [-0.05, 0) is 47.4 Å². The van der Waals surface area contributed by atoms with Crippen LogP contribution in [0, 0.1) is 5.82 Å². The van der Waals surface area contributed by atoms with Crippen molar-refractivity contribution in [2.45, 2.75) is 25.8 Å². The van der Waals surface area contributed by atoms with Gasteiger partial charge in [0.05, 0.1) is 17.0 Å². The molecule has 1 atom stereocenters. The zero-order chi connectivity index (χ0) is 21.7. The first-order chi connectivity index (χ1) is 15.0. The molecule has 0 saturated carbocycles. The van der Waals surface area contributed by atoms with E-state index < -0.39 is 23.2 Å². The second-order valence-corrected chi connectivity index (χ2v) is 7.90. The molecule has 1 amide bonds. The molecule has 5 rings (SSSR count). The highest BCUT2D eigenvalue weighted by Crippen LogP contribution is 2.40. The van der Waals surface area contributed by atoms with E-state index in [1.54, 1.807) is 24.4 Å². The molecule has 0 bridgehead atoms. The summed E-state index contributed by atoms with van der Waals surface area (Å²) in [5.41, 5.74) is 1.86. The lowest BCUT2D eigenvalue weighted by Crippen LogP contribution is -2.30. The summed E-state index contributed by atoms with van der Waals surface area (Å²) < 4.78 is 19.7. The fourth-order valence-corrected chi connectivity index (χ4v) is 4.06. The van der Waals surface area contributed by atoms with Gasteiger partial charge in [0.2, 0.25) is 5.76 Å². The minimum Gasteiger partial charge on any atom is -0.450 e. The molecule has 0 aliphatic carbocycles. The standard InChI is InChI=1S/C25H19FN2O3/c1-14(2)15-6-8-16(9-7-15)22-21-23(29)18-13-17(26)10-11-19(18)31-24(21)25(30)28(22)20-5-3-4-12-27-20/h3-14,22H,1-2H3/t22-/m0/s1.